The minimum absolute atomic E-state index is 0.122. The van der Waals surface area contributed by atoms with E-state index in [-0.39, 0.29) is 13.0 Å². The van der Waals surface area contributed by atoms with Crippen molar-refractivity contribution in [1.29, 1.82) is 0 Å². The standard InChI is InChI=1S/C23H32N2O4.C11H15NO3.C5H10/c1-3-4-6-10-20-17-25(16-19(20)2)13-8-5-7-11-21-15-22(29-24-21)18-28-14-9-12-23(26)27;12-11(13)15-8-7-14-9-10-5-3-1-2-4-6-10;1-3-5-4-2/h3-4,6,10,15,17H,2,5,7-9,11-14,16,18H2,1H3,(H,26,27);1,3-6H,2,7-9H2,(H2,12,13);3,5H,4H2,1-2H3/b4-3-,10-6-;;5-3-. The molecule has 10 heteroatoms. The molecule has 0 fully saturated rings. The third kappa shape index (κ3) is 23.5. The van der Waals surface area contributed by atoms with E-state index in [9.17, 15) is 9.59 Å². The Bertz CT molecular complexity index is 1300. The van der Waals surface area contributed by atoms with Gasteiger partial charge in [-0.2, -0.15) is 0 Å². The zero-order chi connectivity index (χ0) is 36.0. The van der Waals surface area contributed by atoms with Gasteiger partial charge in [0.25, 0.3) is 0 Å². The van der Waals surface area contributed by atoms with E-state index in [1.165, 1.54) is 11.1 Å². The second-order valence-electron chi connectivity index (χ2n) is 11.2. The number of aryl methyl sites for hydroxylation is 1. The highest BCUT2D eigenvalue weighted by Crippen LogP contribution is 2.21. The van der Waals surface area contributed by atoms with Gasteiger partial charge in [0.05, 0.1) is 18.9 Å². The summed E-state index contributed by atoms with van der Waals surface area (Å²) < 4.78 is 20.5. The number of hydrogen-bond acceptors (Lipinski definition) is 8. The van der Waals surface area contributed by atoms with Gasteiger partial charge in [-0.3, -0.25) is 4.79 Å². The predicted molar refractivity (Wildman–Crippen MR) is 196 cm³/mol. The molecule has 0 bridgehead atoms. The van der Waals surface area contributed by atoms with Gasteiger partial charge in [0.2, 0.25) is 0 Å². The lowest BCUT2D eigenvalue weighted by atomic mass is 10.1. The summed E-state index contributed by atoms with van der Waals surface area (Å²) in [6.45, 7) is 14.1. The van der Waals surface area contributed by atoms with Crippen LogP contribution in [0.1, 0.15) is 77.2 Å². The summed E-state index contributed by atoms with van der Waals surface area (Å²) in [5.41, 5.74) is 9.22. The third-order valence-electron chi connectivity index (χ3n) is 6.88. The predicted octanol–water partition coefficient (Wildman–Crippen LogP) is 8.17. The number of rotatable bonds is 20. The van der Waals surface area contributed by atoms with Gasteiger partial charge in [-0.05, 0) is 69.1 Å². The smallest absolute Gasteiger partial charge is 0.404 e. The van der Waals surface area contributed by atoms with Crippen molar-refractivity contribution in [2.45, 2.75) is 78.7 Å². The van der Waals surface area contributed by atoms with E-state index in [2.05, 4.69) is 64.9 Å². The molecule has 0 unspecified atom stereocenters. The first-order valence-corrected chi connectivity index (χ1v) is 17.1. The molecule has 0 saturated carbocycles. The maximum Gasteiger partial charge on any atom is 0.404 e. The van der Waals surface area contributed by atoms with E-state index in [1.807, 2.05) is 56.4 Å². The number of carboxylic acid groups (broad SMARTS) is 1. The fraction of sp³-hybridized carbons (Fsp3) is 0.462. The fourth-order valence-electron chi connectivity index (χ4n) is 4.43. The Morgan fingerprint density at radius 3 is 2.59 bits per heavy atom. The zero-order valence-electron chi connectivity index (χ0n) is 29.7. The van der Waals surface area contributed by atoms with Crippen LogP contribution in [0.3, 0.4) is 0 Å². The Labute approximate surface area is 293 Å². The summed E-state index contributed by atoms with van der Waals surface area (Å²) in [6.07, 6.45) is 30.9. The fourth-order valence-corrected chi connectivity index (χ4v) is 4.43. The third-order valence-corrected chi connectivity index (χ3v) is 6.88. The molecule has 1 aliphatic heterocycles. The maximum atomic E-state index is 10.4. The van der Waals surface area contributed by atoms with Crippen LogP contribution in [-0.4, -0.2) is 66.7 Å². The first-order chi connectivity index (χ1) is 23.8. The highest BCUT2D eigenvalue weighted by molar-refractivity contribution is 5.66. The molecule has 1 aromatic rings. The van der Waals surface area contributed by atoms with E-state index in [1.54, 1.807) is 0 Å². The van der Waals surface area contributed by atoms with Crippen molar-refractivity contribution in [3.63, 3.8) is 0 Å². The molecule has 2 heterocycles. The summed E-state index contributed by atoms with van der Waals surface area (Å²) in [7, 11) is 0. The van der Waals surface area contributed by atoms with Crippen LogP contribution in [0.25, 0.3) is 0 Å². The van der Waals surface area contributed by atoms with Crippen LogP contribution in [0, 0.1) is 0 Å². The molecule has 1 aromatic heterocycles. The van der Waals surface area contributed by atoms with E-state index in [0.717, 1.165) is 62.9 Å². The Kier molecular flexibility index (Phi) is 24.9. The van der Waals surface area contributed by atoms with Gasteiger partial charge >= 0.3 is 12.1 Å². The molecule has 270 valence electrons. The molecule has 3 N–H and O–H groups in total. The Morgan fingerprint density at radius 2 is 1.88 bits per heavy atom. The molecular formula is C39H57N3O7. The Morgan fingerprint density at radius 1 is 1.06 bits per heavy atom. The number of ether oxygens (including phenoxy) is 3. The molecule has 0 atom stereocenters. The number of carbonyl (C=O) groups excluding carboxylic acids is 1. The monoisotopic (exact) mass is 679 g/mol. The lowest BCUT2D eigenvalue weighted by Gasteiger charge is -2.14. The lowest BCUT2D eigenvalue weighted by Crippen LogP contribution is -2.16. The van der Waals surface area contributed by atoms with Crippen molar-refractivity contribution >= 4 is 12.1 Å². The SMILES string of the molecule is C/C=C\CC.C=C1CN(CCCCCc2cc(COCCCC(=O)O)on2)C=C1/C=C\C=C/C.NC(=O)OCCOCC1=CC=CCC=C1. The van der Waals surface area contributed by atoms with Crippen LogP contribution < -0.4 is 5.73 Å². The summed E-state index contributed by atoms with van der Waals surface area (Å²) in [5.74, 6) is -0.113. The number of unbranched alkanes of at least 4 members (excludes halogenated alkanes) is 2. The normalized spacial score (nSPS) is 14.0. The Balaban J connectivity index is 0.000000498. The molecule has 1 amide bonds. The zero-order valence-corrected chi connectivity index (χ0v) is 29.7. The van der Waals surface area contributed by atoms with Crippen LogP contribution >= 0.6 is 0 Å². The molecule has 49 heavy (non-hydrogen) atoms. The number of nitrogens with two attached hydrogens (primary N) is 1. The van der Waals surface area contributed by atoms with E-state index >= 15 is 0 Å². The molecule has 0 aromatic carbocycles. The van der Waals surface area contributed by atoms with Gasteiger partial charge < -0.3 is 34.5 Å². The average molecular weight is 680 g/mol. The lowest BCUT2D eigenvalue weighted by molar-refractivity contribution is -0.137. The molecule has 0 spiro atoms. The molecule has 1 aliphatic carbocycles. The number of aromatic nitrogens is 1. The molecule has 3 rings (SSSR count). The van der Waals surface area contributed by atoms with E-state index < -0.39 is 12.1 Å². The number of amides is 1. The van der Waals surface area contributed by atoms with Crippen LogP contribution in [-0.2, 0) is 32.0 Å². The number of carboxylic acids is 1. The number of hydrogen-bond donors (Lipinski definition) is 2. The highest BCUT2D eigenvalue weighted by atomic mass is 16.6. The van der Waals surface area contributed by atoms with Gasteiger partial charge in [0.15, 0.2) is 5.76 Å². The number of allylic oxidation sites excluding steroid dienone is 10. The number of aliphatic carboxylic acids is 1. The molecule has 10 nitrogen and oxygen atoms in total. The first-order valence-electron chi connectivity index (χ1n) is 17.1. The topological polar surface area (TPSA) is 137 Å². The number of nitrogens with zero attached hydrogens (tertiary/aromatic N) is 2. The molecule has 0 saturated heterocycles. The van der Waals surface area contributed by atoms with Gasteiger partial charge in [-0.15, -0.1) is 0 Å². The Hall–Kier alpha value is -4.41. The van der Waals surface area contributed by atoms with Crippen molar-refractivity contribution in [1.82, 2.24) is 10.1 Å². The quantitative estimate of drug-likeness (QED) is 0.0794. The summed E-state index contributed by atoms with van der Waals surface area (Å²) in [6, 6.07) is 1.92. The molecular weight excluding hydrogens is 622 g/mol. The van der Waals surface area contributed by atoms with Crippen molar-refractivity contribution in [2.24, 2.45) is 5.73 Å². The van der Waals surface area contributed by atoms with Gasteiger partial charge in [0, 0.05) is 38.4 Å². The average Bonchev–Trinajstić information content (AvgIpc) is 3.57. The largest absolute Gasteiger partial charge is 0.481 e. The maximum absolute atomic E-state index is 10.4. The van der Waals surface area contributed by atoms with Gasteiger partial charge in [-0.25, -0.2) is 4.79 Å². The van der Waals surface area contributed by atoms with Crippen LogP contribution in [0.4, 0.5) is 4.79 Å². The van der Waals surface area contributed by atoms with Crippen molar-refractivity contribution < 1.29 is 33.4 Å². The highest BCUT2D eigenvalue weighted by Gasteiger charge is 2.13. The summed E-state index contributed by atoms with van der Waals surface area (Å²) in [5, 5.41) is 12.7. The second kappa shape index (κ2) is 28.6. The number of carbonyl (C=O) groups is 2. The molecule has 0 radical (unpaired) electrons. The van der Waals surface area contributed by atoms with Crippen LogP contribution in [0.5, 0.6) is 0 Å². The number of primary amides is 1. The second-order valence-corrected chi connectivity index (χ2v) is 11.2. The van der Waals surface area contributed by atoms with Gasteiger partial charge in [0.1, 0.15) is 13.2 Å². The van der Waals surface area contributed by atoms with Crippen LogP contribution in [0.15, 0.2) is 107 Å². The minimum atomic E-state index is -0.803. The van der Waals surface area contributed by atoms with Crippen molar-refractivity contribution in [3.05, 3.63) is 114 Å². The first kappa shape index (κ1) is 42.6. The van der Waals surface area contributed by atoms with Crippen LogP contribution in [0.2, 0.25) is 0 Å². The van der Waals surface area contributed by atoms with Gasteiger partial charge in [-0.1, -0.05) is 91.9 Å². The summed E-state index contributed by atoms with van der Waals surface area (Å²) >= 11 is 0. The summed E-state index contributed by atoms with van der Waals surface area (Å²) in [4.78, 5) is 23.0. The van der Waals surface area contributed by atoms with E-state index in [0.29, 0.717) is 38.6 Å². The minimum Gasteiger partial charge on any atom is -0.481 e. The van der Waals surface area contributed by atoms with E-state index in [4.69, 9.17) is 24.8 Å². The van der Waals surface area contributed by atoms with Crippen molar-refractivity contribution in [2.75, 3.05) is 39.5 Å². The molecule has 2 aliphatic rings. The van der Waals surface area contributed by atoms with Crippen molar-refractivity contribution in [3.8, 4) is 0 Å².